The van der Waals surface area contributed by atoms with Gasteiger partial charge in [-0.3, -0.25) is 0 Å². The molecule has 0 aromatic carbocycles. The van der Waals surface area contributed by atoms with Crippen LogP contribution in [-0.4, -0.2) is 25.3 Å². The molecule has 1 N–H and O–H groups in total. The van der Waals surface area contributed by atoms with E-state index in [-0.39, 0.29) is 0 Å². The van der Waals surface area contributed by atoms with Crippen molar-refractivity contribution in [2.24, 2.45) is 0 Å². The molecule has 13 heavy (non-hydrogen) atoms. The molecule has 1 saturated carbocycles. The van der Waals surface area contributed by atoms with Crippen molar-refractivity contribution in [2.45, 2.75) is 57.5 Å². The monoisotopic (exact) mass is 185 g/mol. The van der Waals surface area contributed by atoms with Crippen LogP contribution >= 0.6 is 0 Å². The molecule has 1 rings (SSSR count). The predicted molar refractivity (Wildman–Crippen MR) is 56.0 cm³/mol. The molecular weight excluding hydrogens is 162 g/mol. The number of ether oxygens (including phenoxy) is 1. The summed E-state index contributed by atoms with van der Waals surface area (Å²) in [6.45, 7) is 5.41. The largest absolute Gasteiger partial charge is 0.385 e. The maximum absolute atomic E-state index is 5.07. The van der Waals surface area contributed by atoms with Gasteiger partial charge in [0.05, 0.1) is 0 Å². The van der Waals surface area contributed by atoms with Crippen LogP contribution in [0, 0.1) is 0 Å². The Morgan fingerprint density at radius 3 is 2.54 bits per heavy atom. The van der Waals surface area contributed by atoms with Crippen LogP contribution in [0.15, 0.2) is 0 Å². The van der Waals surface area contributed by atoms with E-state index in [9.17, 15) is 0 Å². The van der Waals surface area contributed by atoms with E-state index in [0.29, 0.717) is 11.6 Å². The van der Waals surface area contributed by atoms with Gasteiger partial charge in [0, 0.05) is 25.3 Å². The fourth-order valence-electron chi connectivity index (χ4n) is 2.09. The van der Waals surface area contributed by atoms with E-state index in [2.05, 4.69) is 19.2 Å². The van der Waals surface area contributed by atoms with Gasteiger partial charge in [-0.05, 0) is 39.0 Å². The summed E-state index contributed by atoms with van der Waals surface area (Å²) in [5.41, 5.74) is 0.479. The first-order valence-electron chi connectivity index (χ1n) is 5.49. The molecule has 78 valence electrons. The Bertz CT molecular complexity index is 138. The summed E-state index contributed by atoms with van der Waals surface area (Å²) < 4.78 is 5.07. The maximum atomic E-state index is 5.07. The number of methoxy groups -OCH3 is 1. The zero-order chi connectivity index (χ0) is 9.73. The molecule has 0 heterocycles. The first-order chi connectivity index (χ1) is 6.22. The van der Waals surface area contributed by atoms with Gasteiger partial charge in [0.25, 0.3) is 0 Å². The minimum Gasteiger partial charge on any atom is -0.385 e. The molecule has 0 aliphatic heterocycles. The average Bonchev–Trinajstić information content (AvgIpc) is 2.08. The minimum absolute atomic E-state index is 0.479. The highest BCUT2D eigenvalue weighted by Crippen LogP contribution is 2.35. The van der Waals surface area contributed by atoms with E-state index in [4.69, 9.17) is 4.74 Å². The van der Waals surface area contributed by atoms with E-state index < -0.39 is 0 Å². The molecular formula is C11H23NO. The number of hydrogen-bond donors (Lipinski definition) is 1. The van der Waals surface area contributed by atoms with Crippen molar-refractivity contribution >= 4 is 0 Å². The standard InChI is InChI=1S/C11H23NO/c1-4-11(7-5-8-11)12-10(2)6-9-13-3/h10,12H,4-9H2,1-3H3. The fourth-order valence-corrected chi connectivity index (χ4v) is 2.09. The fraction of sp³-hybridized carbons (Fsp3) is 1.00. The van der Waals surface area contributed by atoms with Gasteiger partial charge in [-0.25, -0.2) is 0 Å². The minimum atomic E-state index is 0.479. The second kappa shape index (κ2) is 4.97. The summed E-state index contributed by atoms with van der Waals surface area (Å²) in [5, 5.41) is 3.73. The Morgan fingerprint density at radius 1 is 1.46 bits per heavy atom. The molecule has 0 bridgehead atoms. The van der Waals surface area contributed by atoms with Crippen LogP contribution in [-0.2, 0) is 4.74 Å². The lowest BCUT2D eigenvalue weighted by Crippen LogP contribution is -2.54. The highest BCUT2D eigenvalue weighted by Gasteiger charge is 2.35. The van der Waals surface area contributed by atoms with E-state index in [0.717, 1.165) is 13.0 Å². The topological polar surface area (TPSA) is 21.3 Å². The molecule has 2 nitrogen and oxygen atoms in total. The molecule has 0 aromatic rings. The molecule has 1 aliphatic carbocycles. The van der Waals surface area contributed by atoms with Crippen LogP contribution in [0.25, 0.3) is 0 Å². The lowest BCUT2D eigenvalue weighted by molar-refractivity contribution is 0.135. The molecule has 0 saturated heterocycles. The van der Waals surface area contributed by atoms with Gasteiger partial charge in [0.1, 0.15) is 0 Å². The normalized spacial score (nSPS) is 22.4. The smallest absolute Gasteiger partial charge is 0.0476 e. The third kappa shape index (κ3) is 2.96. The van der Waals surface area contributed by atoms with Crippen LogP contribution in [0.5, 0.6) is 0 Å². The highest BCUT2D eigenvalue weighted by atomic mass is 16.5. The van der Waals surface area contributed by atoms with Gasteiger partial charge in [0.2, 0.25) is 0 Å². The van der Waals surface area contributed by atoms with E-state index >= 15 is 0 Å². The van der Waals surface area contributed by atoms with E-state index in [1.54, 1.807) is 7.11 Å². The van der Waals surface area contributed by atoms with Gasteiger partial charge >= 0.3 is 0 Å². The first-order valence-corrected chi connectivity index (χ1v) is 5.49. The molecule has 1 unspecified atom stereocenters. The third-order valence-electron chi connectivity index (χ3n) is 3.30. The summed E-state index contributed by atoms with van der Waals surface area (Å²) in [6, 6.07) is 0.597. The molecule has 1 atom stereocenters. The second-order valence-electron chi connectivity index (χ2n) is 4.31. The van der Waals surface area contributed by atoms with E-state index in [1.165, 1.54) is 25.7 Å². The summed E-state index contributed by atoms with van der Waals surface area (Å²) in [7, 11) is 1.77. The van der Waals surface area contributed by atoms with Crippen LogP contribution in [0.3, 0.4) is 0 Å². The van der Waals surface area contributed by atoms with Crippen LogP contribution in [0.4, 0.5) is 0 Å². The van der Waals surface area contributed by atoms with Crippen LogP contribution < -0.4 is 5.32 Å². The second-order valence-corrected chi connectivity index (χ2v) is 4.31. The van der Waals surface area contributed by atoms with Crippen molar-refractivity contribution in [3.8, 4) is 0 Å². The average molecular weight is 185 g/mol. The molecule has 0 spiro atoms. The van der Waals surface area contributed by atoms with Crippen molar-refractivity contribution in [3.05, 3.63) is 0 Å². The Balaban J connectivity index is 2.21. The summed E-state index contributed by atoms with van der Waals surface area (Å²) in [5.74, 6) is 0. The lowest BCUT2D eigenvalue weighted by atomic mass is 9.74. The molecule has 2 heteroatoms. The number of hydrogen-bond acceptors (Lipinski definition) is 2. The highest BCUT2D eigenvalue weighted by molar-refractivity contribution is 4.95. The molecule has 0 aromatic heterocycles. The number of nitrogens with one attached hydrogen (secondary N) is 1. The van der Waals surface area contributed by atoms with Crippen molar-refractivity contribution in [1.82, 2.24) is 5.32 Å². The van der Waals surface area contributed by atoms with Gasteiger partial charge < -0.3 is 10.1 Å². The Kier molecular flexibility index (Phi) is 4.20. The maximum Gasteiger partial charge on any atom is 0.0476 e. The molecule has 1 aliphatic rings. The molecule has 0 radical (unpaired) electrons. The van der Waals surface area contributed by atoms with Gasteiger partial charge in [-0.15, -0.1) is 0 Å². The summed E-state index contributed by atoms with van der Waals surface area (Å²) in [6.07, 6.45) is 6.52. The zero-order valence-electron chi connectivity index (χ0n) is 9.23. The van der Waals surface area contributed by atoms with Gasteiger partial charge in [0.15, 0.2) is 0 Å². The SMILES string of the molecule is CCC1(NC(C)CCOC)CCC1. The van der Waals surface area contributed by atoms with Crippen LogP contribution in [0.1, 0.15) is 46.0 Å². The quantitative estimate of drug-likeness (QED) is 0.686. The summed E-state index contributed by atoms with van der Waals surface area (Å²) >= 11 is 0. The van der Waals surface area contributed by atoms with Crippen molar-refractivity contribution in [3.63, 3.8) is 0 Å². The zero-order valence-corrected chi connectivity index (χ0v) is 9.23. The molecule has 0 amide bonds. The Labute approximate surface area is 82.0 Å². The van der Waals surface area contributed by atoms with Crippen molar-refractivity contribution in [2.75, 3.05) is 13.7 Å². The molecule has 1 fully saturated rings. The first kappa shape index (κ1) is 11.0. The predicted octanol–water partition coefficient (Wildman–Crippen LogP) is 2.33. The van der Waals surface area contributed by atoms with Crippen molar-refractivity contribution < 1.29 is 4.74 Å². The summed E-state index contributed by atoms with van der Waals surface area (Å²) in [4.78, 5) is 0. The van der Waals surface area contributed by atoms with E-state index in [1.807, 2.05) is 0 Å². The number of rotatable bonds is 6. The van der Waals surface area contributed by atoms with Gasteiger partial charge in [-0.1, -0.05) is 6.92 Å². The lowest BCUT2D eigenvalue weighted by Gasteiger charge is -2.44. The Hall–Kier alpha value is -0.0800. The van der Waals surface area contributed by atoms with Crippen LogP contribution in [0.2, 0.25) is 0 Å². The third-order valence-corrected chi connectivity index (χ3v) is 3.30. The van der Waals surface area contributed by atoms with Crippen molar-refractivity contribution in [1.29, 1.82) is 0 Å². The van der Waals surface area contributed by atoms with Gasteiger partial charge in [-0.2, -0.15) is 0 Å². The Morgan fingerprint density at radius 2 is 2.15 bits per heavy atom.